The van der Waals surface area contributed by atoms with Crippen molar-refractivity contribution in [3.63, 3.8) is 0 Å². The smallest absolute Gasteiger partial charge is 0.254 e. The van der Waals surface area contributed by atoms with Gasteiger partial charge in [0.05, 0.1) is 17.3 Å². The molecule has 1 fully saturated rings. The number of pyridine rings is 1. The Hall–Kier alpha value is -2.86. The molecule has 2 aromatic heterocycles. The summed E-state index contributed by atoms with van der Waals surface area (Å²) in [6.07, 6.45) is 7.51. The summed E-state index contributed by atoms with van der Waals surface area (Å²) in [5.41, 5.74) is 3.68. The van der Waals surface area contributed by atoms with E-state index >= 15 is 0 Å². The van der Waals surface area contributed by atoms with E-state index in [1.165, 1.54) is 0 Å². The maximum absolute atomic E-state index is 13.8. The quantitative estimate of drug-likeness (QED) is 0.622. The summed E-state index contributed by atoms with van der Waals surface area (Å²) in [5.74, 6) is 1.23. The summed E-state index contributed by atoms with van der Waals surface area (Å²) in [5, 5.41) is 8.29. The van der Waals surface area contributed by atoms with Crippen molar-refractivity contribution in [2.24, 2.45) is 13.0 Å². The van der Waals surface area contributed by atoms with Gasteiger partial charge in [0.15, 0.2) is 0 Å². The third-order valence-electron chi connectivity index (χ3n) is 6.02. The molecule has 0 aliphatic carbocycles. The highest BCUT2D eigenvalue weighted by Gasteiger charge is 2.33. The van der Waals surface area contributed by atoms with Gasteiger partial charge < -0.3 is 10.2 Å². The van der Waals surface area contributed by atoms with E-state index in [1.54, 1.807) is 10.9 Å². The number of amides is 1. The van der Waals surface area contributed by atoms with Gasteiger partial charge in [0.25, 0.3) is 5.91 Å². The van der Waals surface area contributed by atoms with Crippen LogP contribution in [-0.4, -0.2) is 44.7 Å². The Morgan fingerprint density at radius 3 is 2.81 bits per heavy atom. The first-order chi connectivity index (χ1) is 14.9. The lowest BCUT2D eigenvalue weighted by Crippen LogP contribution is -2.51. The summed E-state index contributed by atoms with van der Waals surface area (Å²) in [6.45, 7) is 5.65. The predicted molar refractivity (Wildman–Crippen MR) is 124 cm³/mol. The molecule has 7 heteroatoms. The highest BCUT2D eigenvalue weighted by molar-refractivity contribution is 6.30. The number of likely N-dealkylation sites (tertiary alicyclic amines) is 1. The van der Waals surface area contributed by atoms with E-state index in [9.17, 15) is 4.79 Å². The Kier molecular flexibility index (Phi) is 6.28. The molecule has 1 saturated heterocycles. The van der Waals surface area contributed by atoms with Crippen LogP contribution in [0.1, 0.15) is 35.7 Å². The third kappa shape index (κ3) is 4.74. The molecule has 0 spiro atoms. The van der Waals surface area contributed by atoms with Crippen molar-refractivity contribution in [3.05, 3.63) is 65.1 Å². The van der Waals surface area contributed by atoms with Gasteiger partial charge in [-0.05, 0) is 49.4 Å². The van der Waals surface area contributed by atoms with Crippen LogP contribution in [0.4, 0.5) is 5.82 Å². The van der Waals surface area contributed by atoms with Crippen LogP contribution < -0.4 is 5.32 Å². The van der Waals surface area contributed by atoms with Gasteiger partial charge in [-0.1, -0.05) is 36.2 Å². The normalized spacial score (nSPS) is 18.8. The largest absolute Gasteiger partial charge is 0.368 e. The summed E-state index contributed by atoms with van der Waals surface area (Å²) in [7, 11) is 1.89. The molecule has 2 atom stereocenters. The summed E-state index contributed by atoms with van der Waals surface area (Å²) < 4.78 is 1.76. The first-order valence-corrected chi connectivity index (χ1v) is 11.1. The number of carbonyl (C=O) groups excluding carboxylic acids is 1. The average Bonchev–Trinajstić information content (AvgIpc) is 3.19. The second-order valence-electron chi connectivity index (χ2n) is 8.38. The number of benzene rings is 1. The zero-order valence-corrected chi connectivity index (χ0v) is 18.9. The fourth-order valence-corrected chi connectivity index (χ4v) is 4.42. The van der Waals surface area contributed by atoms with Gasteiger partial charge in [0, 0.05) is 43.7 Å². The molecule has 1 aliphatic rings. The minimum absolute atomic E-state index is 0.0740. The van der Waals surface area contributed by atoms with Gasteiger partial charge >= 0.3 is 0 Å². The molecule has 0 saturated carbocycles. The van der Waals surface area contributed by atoms with Gasteiger partial charge in [-0.15, -0.1) is 0 Å². The topological polar surface area (TPSA) is 63.1 Å². The molecule has 3 heterocycles. The number of anilines is 1. The van der Waals surface area contributed by atoms with Crippen LogP contribution in [0.15, 0.2) is 48.9 Å². The minimum Gasteiger partial charge on any atom is -0.368 e. The van der Waals surface area contributed by atoms with Crippen molar-refractivity contribution in [2.45, 2.75) is 32.7 Å². The van der Waals surface area contributed by atoms with Gasteiger partial charge in [-0.25, -0.2) is 4.98 Å². The molecule has 1 aromatic carbocycles. The highest BCUT2D eigenvalue weighted by Crippen LogP contribution is 2.30. The second kappa shape index (κ2) is 9.10. The molecule has 1 N–H and O–H groups in total. The summed E-state index contributed by atoms with van der Waals surface area (Å²) in [4.78, 5) is 20.2. The molecule has 0 bridgehead atoms. The molecule has 1 unspecified atom stereocenters. The summed E-state index contributed by atoms with van der Waals surface area (Å²) >= 11 is 5.95. The number of nitrogens with one attached hydrogen (secondary N) is 1. The molecular weight excluding hydrogens is 410 g/mol. The lowest BCUT2D eigenvalue weighted by atomic mass is 9.89. The molecule has 1 aliphatic heterocycles. The fourth-order valence-electron chi connectivity index (χ4n) is 4.30. The maximum Gasteiger partial charge on any atom is 0.254 e. The van der Waals surface area contributed by atoms with E-state index in [0.29, 0.717) is 17.5 Å². The number of hydrogen-bond acceptors (Lipinski definition) is 4. The molecule has 31 heavy (non-hydrogen) atoms. The third-order valence-corrected chi connectivity index (χ3v) is 6.24. The van der Waals surface area contributed by atoms with Crippen molar-refractivity contribution < 1.29 is 4.79 Å². The number of piperidine rings is 1. The standard InChI is InChI=1S/C24H28ClN5O/c1-16-6-8-20(18-12-28-29(3)15-18)21(11-16)24(31)30-10-4-5-17(2)22(30)14-27-23-9-7-19(25)13-26-23/h6-9,11-13,15,17,22H,4-5,10,14H2,1-3H3,(H,26,27)/t17-,22?/m1/s1. The van der Waals surface area contributed by atoms with Crippen molar-refractivity contribution in [3.8, 4) is 11.1 Å². The second-order valence-corrected chi connectivity index (χ2v) is 8.82. The zero-order chi connectivity index (χ0) is 22.0. The van der Waals surface area contributed by atoms with E-state index in [1.807, 2.05) is 61.6 Å². The number of rotatable bonds is 5. The number of aryl methyl sites for hydroxylation is 2. The molecule has 6 nitrogen and oxygen atoms in total. The van der Waals surface area contributed by atoms with E-state index in [4.69, 9.17) is 11.6 Å². The van der Waals surface area contributed by atoms with Crippen LogP contribution >= 0.6 is 11.6 Å². The number of halogens is 1. The molecule has 0 radical (unpaired) electrons. The molecule has 162 valence electrons. The number of hydrogen-bond donors (Lipinski definition) is 1. The highest BCUT2D eigenvalue weighted by atomic mass is 35.5. The van der Waals surface area contributed by atoms with Crippen LogP contribution in [0.2, 0.25) is 5.02 Å². The molecular formula is C24H28ClN5O. The van der Waals surface area contributed by atoms with Crippen LogP contribution in [0, 0.1) is 12.8 Å². The Morgan fingerprint density at radius 2 is 2.10 bits per heavy atom. The van der Waals surface area contributed by atoms with E-state index in [0.717, 1.165) is 47.5 Å². The summed E-state index contributed by atoms with van der Waals surface area (Å²) in [6, 6.07) is 9.83. The van der Waals surface area contributed by atoms with E-state index < -0.39 is 0 Å². The zero-order valence-electron chi connectivity index (χ0n) is 18.2. The van der Waals surface area contributed by atoms with E-state index in [2.05, 4.69) is 22.3 Å². The average molecular weight is 438 g/mol. The Morgan fingerprint density at radius 1 is 1.26 bits per heavy atom. The molecule has 3 aromatic rings. The fraction of sp³-hybridized carbons (Fsp3) is 0.375. The monoisotopic (exact) mass is 437 g/mol. The van der Waals surface area contributed by atoms with Gasteiger partial charge in [-0.3, -0.25) is 9.48 Å². The van der Waals surface area contributed by atoms with Crippen LogP contribution in [0.3, 0.4) is 0 Å². The number of carbonyl (C=O) groups is 1. The van der Waals surface area contributed by atoms with Crippen molar-refractivity contribution in [1.82, 2.24) is 19.7 Å². The number of aromatic nitrogens is 3. The predicted octanol–water partition coefficient (Wildman–Crippen LogP) is 4.80. The van der Waals surface area contributed by atoms with Gasteiger partial charge in [0.2, 0.25) is 0 Å². The first-order valence-electron chi connectivity index (χ1n) is 10.7. The van der Waals surface area contributed by atoms with Crippen LogP contribution in [-0.2, 0) is 7.05 Å². The number of nitrogens with zero attached hydrogens (tertiary/aromatic N) is 4. The Labute approximate surface area is 188 Å². The minimum atomic E-state index is 0.0740. The maximum atomic E-state index is 13.8. The molecule has 1 amide bonds. The van der Waals surface area contributed by atoms with Crippen LogP contribution in [0.5, 0.6) is 0 Å². The Bertz CT molecular complexity index is 1060. The SMILES string of the molecule is Cc1ccc(-c2cnn(C)c2)c(C(=O)N2CCC[C@@H](C)C2CNc2ccc(Cl)cn2)c1. The Balaban J connectivity index is 1.61. The van der Waals surface area contributed by atoms with Crippen molar-refractivity contribution in [2.75, 3.05) is 18.4 Å². The van der Waals surface area contributed by atoms with Crippen molar-refractivity contribution in [1.29, 1.82) is 0 Å². The van der Waals surface area contributed by atoms with Gasteiger partial charge in [0.1, 0.15) is 5.82 Å². The van der Waals surface area contributed by atoms with Crippen LogP contribution in [0.25, 0.3) is 11.1 Å². The van der Waals surface area contributed by atoms with Gasteiger partial charge in [-0.2, -0.15) is 5.10 Å². The molecule has 4 rings (SSSR count). The first kappa shape index (κ1) is 21.4. The lowest BCUT2D eigenvalue weighted by Gasteiger charge is -2.40. The van der Waals surface area contributed by atoms with E-state index in [-0.39, 0.29) is 11.9 Å². The van der Waals surface area contributed by atoms with Crippen molar-refractivity contribution >= 4 is 23.3 Å². The lowest BCUT2D eigenvalue weighted by molar-refractivity contribution is 0.0540.